The number of anilines is 2. The number of hydrogen-bond donors (Lipinski definition) is 2. The van der Waals surface area contributed by atoms with Gasteiger partial charge in [0.1, 0.15) is 11.3 Å². The maximum absolute atomic E-state index is 15.5. The molecule has 3 heterocycles. The first kappa shape index (κ1) is 37.7. The largest absolute Gasteiger partial charge is 0.505 e. The van der Waals surface area contributed by atoms with Crippen molar-refractivity contribution in [1.29, 1.82) is 0 Å². The van der Waals surface area contributed by atoms with Crippen LogP contribution in [-0.2, 0) is 24.6 Å². The SMILES string of the molecule is COc1ccc([C@@]23C(=O)N(Nc4ccc(Cl)cc4Cl)C(=O)[C@@H]2C[C@@H]2C(=CC[C@@H]4C(=O)N(c5ccc(-c6nc7ccccc7o6)cc5)C(=O)[C@@H]42)[C@@H]3c2cccc(F)c2O)cc1. The van der Waals surface area contributed by atoms with Gasteiger partial charge in [-0.05, 0) is 97.1 Å². The van der Waals surface area contributed by atoms with E-state index in [1.807, 2.05) is 30.3 Å². The molecule has 1 saturated carbocycles. The number of aromatic hydroxyl groups is 1. The van der Waals surface area contributed by atoms with E-state index in [1.165, 1.54) is 36.3 Å². The van der Waals surface area contributed by atoms with E-state index < -0.39 is 70.2 Å². The molecule has 60 heavy (non-hydrogen) atoms. The summed E-state index contributed by atoms with van der Waals surface area (Å²) in [6.07, 6.45) is 1.93. The van der Waals surface area contributed by atoms with Crippen molar-refractivity contribution >= 4 is 69.3 Å². The van der Waals surface area contributed by atoms with Crippen LogP contribution in [0, 0.1) is 29.5 Å². The van der Waals surface area contributed by atoms with E-state index in [2.05, 4.69) is 10.4 Å². The normalized spacial score (nSPS) is 24.7. The molecule has 0 bridgehead atoms. The number of phenolic OH excluding ortho intramolecular Hbond substituents is 1. The Balaban J connectivity index is 1.09. The number of imide groups is 2. The lowest BCUT2D eigenvalue weighted by Gasteiger charge is -2.50. The number of benzene rings is 5. The van der Waals surface area contributed by atoms with E-state index in [0.29, 0.717) is 50.1 Å². The molecule has 0 spiro atoms. The van der Waals surface area contributed by atoms with Gasteiger partial charge in [0.05, 0.1) is 46.7 Å². The summed E-state index contributed by atoms with van der Waals surface area (Å²) in [5, 5.41) is 12.9. The van der Waals surface area contributed by atoms with Crippen molar-refractivity contribution in [3.63, 3.8) is 0 Å². The van der Waals surface area contributed by atoms with Crippen LogP contribution >= 0.6 is 23.2 Å². The van der Waals surface area contributed by atoms with Gasteiger partial charge in [-0.1, -0.05) is 71.2 Å². The first-order valence-corrected chi connectivity index (χ1v) is 20.0. The third kappa shape index (κ3) is 5.50. The Morgan fingerprint density at radius 2 is 1.65 bits per heavy atom. The van der Waals surface area contributed by atoms with E-state index in [9.17, 15) is 19.5 Å². The fourth-order valence-electron chi connectivity index (χ4n) is 9.96. The topological polar surface area (TPSA) is 142 Å². The zero-order valence-electron chi connectivity index (χ0n) is 31.6. The molecule has 3 fully saturated rings. The van der Waals surface area contributed by atoms with Gasteiger partial charge in [0.25, 0.3) is 11.8 Å². The number of carbonyl (C=O) groups excluding carboxylic acids is 4. The van der Waals surface area contributed by atoms with Crippen molar-refractivity contribution in [2.75, 3.05) is 17.4 Å². The van der Waals surface area contributed by atoms with Gasteiger partial charge in [-0.25, -0.2) is 9.37 Å². The van der Waals surface area contributed by atoms with Gasteiger partial charge in [0, 0.05) is 22.1 Å². The van der Waals surface area contributed by atoms with Gasteiger partial charge in [-0.15, -0.1) is 0 Å². The monoisotopic (exact) mass is 842 g/mol. The minimum absolute atomic E-state index is 0.0216. The molecule has 10 rings (SSSR count). The minimum atomic E-state index is -1.78. The lowest BCUT2D eigenvalue weighted by atomic mass is 9.49. The number of oxazole rings is 1. The maximum atomic E-state index is 15.5. The van der Waals surface area contributed by atoms with E-state index >= 15 is 9.18 Å². The summed E-state index contributed by atoms with van der Waals surface area (Å²) in [4.78, 5) is 65.3. The lowest BCUT2D eigenvalue weighted by Crippen LogP contribution is -2.53. The van der Waals surface area contributed by atoms with Crippen LogP contribution in [0.1, 0.15) is 29.9 Å². The third-order valence-corrected chi connectivity index (χ3v) is 13.1. The molecular formula is C46H33Cl2FN4O7. The molecule has 2 saturated heterocycles. The Hall–Kier alpha value is -6.50. The van der Waals surface area contributed by atoms with Crippen molar-refractivity contribution in [2.45, 2.75) is 24.2 Å². The number of phenols is 1. The van der Waals surface area contributed by atoms with Crippen molar-refractivity contribution in [3.05, 3.63) is 148 Å². The predicted octanol–water partition coefficient (Wildman–Crippen LogP) is 8.84. The minimum Gasteiger partial charge on any atom is -0.505 e. The smallest absolute Gasteiger partial charge is 0.260 e. The number of halogens is 3. The van der Waals surface area contributed by atoms with Gasteiger partial charge < -0.3 is 14.3 Å². The fourth-order valence-corrected chi connectivity index (χ4v) is 10.4. The third-order valence-electron chi connectivity index (χ3n) is 12.6. The van der Waals surface area contributed by atoms with Crippen LogP contribution in [0.2, 0.25) is 10.0 Å². The number of aromatic nitrogens is 1. The summed E-state index contributed by atoms with van der Waals surface area (Å²) in [5.41, 5.74) is 4.70. The van der Waals surface area contributed by atoms with Gasteiger partial charge in [0.2, 0.25) is 17.7 Å². The van der Waals surface area contributed by atoms with Gasteiger partial charge >= 0.3 is 0 Å². The standard InChI is InChI=1S/C46H33Cl2FN4O7/c1-59-27-16-11-24(12-17-27)46-32(43(56)53(45(46)58)51-35-20-13-25(47)21-33(35)48)22-31-28(39(46)30-5-4-6-34(49)40(30)54)18-19-29-38(31)44(57)52(42(29)55)26-14-9-23(10-15-26)41-50-36-7-2-3-8-37(36)60-41/h2-18,20-21,29,31-32,38-39,51,54H,19,22H2,1H3/t29-,31+,32-,38-,39+,46+/m0/s1. The Morgan fingerprint density at radius 1 is 0.883 bits per heavy atom. The zero-order valence-corrected chi connectivity index (χ0v) is 33.2. The fraction of sp³-hybridized carbons (Fsp3) is 0.196. The van der Waals surface area contributed by atoms with Crippen LogP contribution < -0.4 is 15.1 Å². The summed E-state index contributed by atoms with van der Waals surface area (Å²) < 4.78 is 26.9. The van der Waals surface area contributed by atoms with Crippen LogP contribution in [0.5, 0.6) is 11.5 Å². The van der Waals surface area contributed by atoms with Crippen LogP contribution in [0.25, 0.3) is 22.6 Å². The number of hydrogen-bond acceptors (Lipinski definition) is 9. The molecule has 0 unspecified atom stereocenters. The number of para-hydroxylation sites is 3. The van der Waals surface area contributed by atoms with Gasteiger partial charge in [0.15, 0.2) is 17.1 Å². The highest BCUT2D eigenvalue weighted by Crippen LogP contribution is 2.65. The highest BCUT2D eigenvalue weighted by atomic mass is 35.5. The van der Waals surface area contributed by atoms with Gasteiger partial charge in [-0.3, -0.25) is 29.5 Å². The lowest BCUT2D eigenvalue weighted by molar-refractivity contribution is -0.138. The summed E-state index contributed by atoms with van der Waals surface area (Å²) in [5.74, 6) is -7.74. The quantitative estimate of drug-likeness (QED) is 0.119. The molecule has 300 valence electrons. The summed E-state index contributed by atoms with van der Waals surface area (Å²) in [7, 11) is 1.50. The Labute approximate surface area is 351 Å². The highest BCUT2D eigenvalue weighted by Gasteiger charge is 2.70. The molecule has 2 aliphatic carbocycles. The number of fused-ring (bicyclic) bond motifs is 5. The highest BCUT2D eigenvalue weighted by molar-refractivity contribution is 6.36. The second kappa shape index (κ2) is 14.1. The average Bonchev–Trinajstić information content (AvgIpc) is 3.87. The zero-order chi connectivity index (χ0) is 41.6. The second-order valence-corrected chi connectivity index (χ2v) is 16.3. The molecule has 2 aliphatic heterocycles. The Bertz CT molecular complexity index is 2800. The number of amides is 4. The maximum Gasteiger partial charge on any atom is 0.260 e. The number of hydrazine groups is 1. The number of allylic oxidation sites excluding steroid dienone is 2. The van der Waals surface area contributed by atoms with Crippen molar-refractivity contribution in [3.8, 4) is 23.0 Å². The molecule has 5 aromatic carbocycles. The van der Waals surface area contributed by atoms with Crippen molar-refractivity contribution < 1.29 is 37.8 Å². The summed E-state index contributed by atoms with van der Waals surface area (Å²) in [6, 6.07) is 29.5. The molecule has 2 N–H and O–H groups in total. The molecule has 4 amide bonds. The molecule has 0 radical (unpaired) electrons. The second-order valence-electron chi connectivity index (χ2n) is 15.4. The van der Waals surface area contributed by atoms with E-state index in [1.54, 1.807) is 54.6 Å². The van der Waals surface area contributed by atoms with Crippen LogP contribution in [0.4, 0.5) is 15.8 Å². The molecule has 14 heteroatoms. The summed E-state index contributed by atoms with van der Waals surface area (Å²) >= 11 is 12.7. The number of carbonyl (C=O) groups is 4. The van der Waals surface area contributed by atoms with Gasteiger partial charge in [-0.2, -0.15) is 5.01 Å². The average molecular weight is 844 g/mol. The number of ether oxygens (including phenoxy) is 1. The summed E-state index contributed by atoms with van der Waals surface area (Å²) in [6.45, 7) is 0. The van der Waals surface area contributed by atoms with Crippen molar-refractivity contribution in [2.24, 2.45) is 23.7 Å². The first-order valence-electron chi connectivity index (χ1n) is 19.3. The first-order chi connectivity index (χ1) is 29.0. The Kier molecular flexibility index (Phi) is 8.85. The van der Waals surface area contributed by atoms with E-state index in [4.69, 9.17) is 32.4 Å². The number of methoxy groups -OCH3 is 1. The van der Waals surface area contributed by atoms with Crippen LogP contribution in [0.3, 0.4) is 0 Å². The molecule has 6 aromatic rings. The number of nitrogens with zero attached hydrogens (tertiary/aromatic N) is 3. The molecule has 11 nitrogen and oxygen atoms in total. The molecule has 4 aliphatic rings. The number of rotatable bonds is 7. The molecule has 1 aromatic heterocycles. The number of nitrogens with one attached hydrogen (secondary N) is 1. The molecule has 6 atom stereocenters. The van der Waals surface area contributed by atoms with Crippen molar-refractivity contribution in [1.82, 2.24) is 9.99 Å². The van der Waals surface area contributed by atoms with E-state index in [0.717, 1.165) is 11.1 Å². The van der Waals surface area contributed by atoms with Crippen LogP contribution in [-0.4, -0.2) is 45.8 Å². The van der Waals surface area contributed by atoms with Crippen LogP contribution in [0.15, 0.2) is 125 Å². The molecular weight excluding hydrogens is 810 g/mol. The van der Waals surface area contributed by atoms with E-state index in [-0.39, 0.29) is 29.1 Å². The predicted molar refractivity (Wildman–Crippen MR) is 221 cm³/mol. The Morgan fingerprint density at radius 3 is 2.38 bits per heavy atom.